The van der Waals surface area contributed by atoms with Gasteiger partial charge in [0.05, 0.1) is 11.7 Å². The molecule has 1 atom stereocenters. The minimum absolute atomic E-state index is 0.0797. The third-order valence-electron chi connectivity index (χ3n) is 9.58. The number of nitrogens with one attached hydrogen (secondary N) is 1. The van der Waals surface area contributed by atoms with Crippen LogP contribution >= 0.6 is 0 Å². The van der Waals surface area contributed by atoms with Crippen molar-refractivity contribution in [3.8, 4) is 11.1 Å². The average molecular weight is 518 g/mol. The number of hydrogen-bond acceptors (Lipinski definition) is 5. The van der Waals surface area contributed by atoms with Crippen molar-refractivity contribution in [1.82, 2.24) is 15.1 Å². The number of nitrogens with two attached hydrogens (primary N) is 2. The van der Waals surface area contributed by atoms with E-state index >= 15 is 0 Å². The molecule has 0 radical (unpaired) electrons. The summed E-state index contributed by atoms with van der Waals surface area (Å²) < 4.78 is 0. The van der Waals surface area contributed by atoms with Crippen LogP contribution in [0, 0.1) is 5.41 Å². The Hall–Kier alpha value is -2.25. The lowest BCUT2D eigenvalue weighted by atomic mass is 9.61. The molecule has 0 unspecified atom stereocenters. The SMILES string of the molecule is CN1CCN(Cc2ccc(-c3ccc(C[C@@H](N)NC(=O)C4(N)CCC5(CCCCC5)CC4)cc3)cc2)CC1. The first-order chi connectivity index (χ1) is 18.3. The molecular formula is C32H47N5O. The van der Waals surface area contributed by atoms with Gasteiger partial charge in [-0.05, 0) is 73.2 Å². The van der Waals surface area contributed by atoms with Crippen LogP contribution in [-0.2, 0) is 17.8 Å². The number of benzene rings is 2. The third-order valence-corrected chi connectivity index (χ3v) is 9.58. The Morgan fingerprint density at radius 1 is 0.816 bits per heavy atom. The Balaban J connectivity index is 1.10. The number of likely N-dealkylation sites (N-methyl/N-ethyl adjacent to an activating group) is 1. The molecule has 3 aliphatic rings. The summed E-state index contributed by atoms with van der Waals surface area (Å²) in [6, 6.07) is 17.5. The Labute approximate surface area is 229 Å². The molecule has 3 fully saturated rings. The Morgan fingerprint density at radius 3 is 1.95 bits per heavy atom. The van der Waals surface area contributed by atoms with Crippen molar-refractivity contribution in [3.63, 3.8) is 0 Å². The molecule has 5 N–H and O–H groups in total. The molecule has 1 spiro atoms. The monoisotopic (exact) mass is 517 g/mol. The molecule has 0 aromatic heterocycles. The zero-order valence-corrected chi connectivity index (χ0v) is 23.3. The van der Waals surface area contributed by atoms with Crippen LogP contribution in [0.25, 0.3) is 11.1 Å². The first-order valence-electron chi connectivity index (χ1n) is 14.8. The predicted octanol–water partition coefficient (Wildman–Crippen LogP) is 4.27. The number of rotatable bonds is 7. The largest absolute Gasteiger partial charge is 0.339 e. The quantitative estimate of drug-likeness (QED) is 0.478. The van der Waals surface area contributed by atoms with Crippen LogP contribution in [0.1, 0.15) is 68.9 Å². The molecule has 2 aliphatic carbocycles. The van der Waals surface area contributed by atoms with E-state index in [9.17, 15) is 4.79 Å². The van der Waals surface area contributed by atoms with Gasteiger partial charge >= 0.3 is 0 Å². The average Bonchev–Trinajstić information content (AvgIpc) is 2.93. The summed E-state index contributed by atoms with van der Waals surface area (Å²) in [5.41, 5.74) is 17.5. The Bertz CT molecular complexity index is 1040. The molecule has 2 aromatic carbocycles. The van der Waals surface area contributed by atoms with Crippen molar-refractivity contribution < 1.29 is 4.79 Å². The summed E-state index contributed by atoms with van der Waals surface area (Å²) in [4.78, 5) is 18.0. The second-order valence-corrected chi connectivity index (χ2v) is 12.5. The molecule has 1 heterocycles. The summed E-state index contributed by atoms with van der Waals surface area (Å²) in [7, 11) is 2.19. The van der Waals surface area contributed by atoms with Crippen LogP contribution in [-0.4, -0.2) is 60.6 Å². The minimum atomic E-state index is -0.777. The van der Waals surface area contributed by atoms with Gasteiger partial charge in [0.1, 0.15) is 0 Å². The second kappa shape index (κ2) is 11.9. The van der Waals surface area contributed by atoms with Gasteiger partial charge < -0.3 is 21.7 Å². The van der Waals surface area contributed by atoms with Crippen LogP contribution in [0.3, 0.4) is 0 Å². The topological polar surface area (TPSA) is 87.6 Å². The second-order valence-electron chi connectivity index (χ2n) is 12.5. The molecule has 38 heavy (non-hydrogen) atoms. The van der Waals surface area contributed by atoms with Gasteiger partial charge in [0.15, 0.2) is 0 Å². The van der Waals surface area contributed by atoms with E-state index in [0.29, 0.717) is 11.8 Å². The number of hydrogen-bond donors (Lipinski definition) is 3. The molecule has 206 valence electrons. The van der Waals surface area contributed by atoms with Gasteiger partial charge in [0, 0.05) is 39.1 Å². The molecule has 5 rings (SSSR count). The molecule has 0 bridgehead atoms. The molecule has 2 aromatic rings. The maximum Gasteiger partial charge on any atom is 0.241 e. The van der Waals surface area contributed by atoms with Gasteiger partial charge in [0.25, 0.3) is 0 Å². The highest BCUT2D eigenvalue weighted by Gasteiger charge is 2.45. The predicted molar refractivity (Wildman–Crippen MR) is 155 cm³/mol. The van der Waals surface area contributed by atoms with Gasteiger partial charge in [-0.2, -0.15) is 0 Å². The molecule has 6 nitrogen and oxygen atoms in total. The lowest BCUT2D eigenvalue weighted by molar-refractivity contribution is -0.129. The lowest BCUT2D eigenvalue weighted by Gasteiger charge is -2.46. The highest BCUT2D eigenvalue weighted by atomic mass is 16.2. The summed E-state index contributed by atoms with van der Waals surface area (Å²) in [5.74, 6) is -0.0797. The third kappa shape index (κ3) is 6.66. The van der Waals surface area contributed by atoms with Crippen molar-refractivity contribution in [1.29, 1.82) is 0 Å². The van der Waals surface area contributed by atoms with Gasteiger partial charge in [-0.15, -0.1) is 0 Å². The summed E-state index contributed by atoms with van der Waals surface area (Å²) in [5, 5.41) is 3.03. The van der Waals surface area contributed by atoms with Gasteiger partial charge in [-0.3, -0.25) is 9.69 Å². The van der Waals surface area contributed by atoms with E-state index in [1.165, 1.54) is 48.8 Å². The summed E-state index contributed by atoms with van der Waals surface area (Å²) in [6.07, 6.45) is 10.5. The number of carbonyl (C=O) groups excluding carboxylic acids is 1. The van der Waals surface area contributed by atoms with E-state index < -0.39 is 11.7 Å². The van der Waals surface area contributed by atoms with Crippen molar-refractivity contribution >= 4 is 5.91 Å². The standard InChI is InChI=1S/C32H47N5O/c1-36-19-21-37(22-20-36)24-26-7-11-28(12-8-26)27-9-5-25(6-10-27)23-29(33)35-30(38)32(34)17-15-31(16-18-32)13-3-2-4-14-31/h5-12,29H,2-4,13-24,33-34H2,1H3,(H,35,38)/t29-/m0/s1. The number of piperazine rings is 1. The van der Waals surface area contributed by atoms with Crippen LogP contribution in [0.4, 0.5) is 0 Å². The minimum Gasteiger partial charge on any atom is -0.339 e. The van der Waals surface area contributed by atoms with E-state index in [1.54, 1.807) is 0 Å². The Kier molecular flexibility index (Phi) is 8.53. The van der Waals surface area contributed by atoms with Gasteiger partial charge in [-0.25, -0.2) is 0 Å². The fraction of sp³-hybridized carbons (Fsp3) is 0.594. The van der Waals surface area contributed by atoms with E-state index in [1.807, 2.05) is 0 Å². The van der Waals surface area contributed by atoms with Crippen molar-refractivity contribution in [2.24, 2.45) is 16.9 Å². The summed E-state index contributed by atoms with van der Waals surface area (Å²) in [6.45, 7) is 5.57. The zero-order chi connectivity index (χ0) is 26.6. The van der Waals surface area contributed by atoms with Gasteiger partial charge in [-0.1, -0.05) is 67.8 Å². The van der Waals surface area contributed by atoms with E-state index in [-0.39, 0.29) is 5.91 Å². The maximum absolute atomic E-state index is 13.1. The molecule has 1 aliphatic heterocycles. The van der Waals surface area contributed by atoms with E-state index in [0.717, 1.165) is 64.0 Å². The molecule has 2 saturated carbocycles. The first-order valence-corrected chi connectivity index (χ1v) is 14.8. The van der Waals surface area contributed by atoms with Crippen LogP contribution in [0.5, 0.6) is 0 Å². The van der Waals surface area contributed by atoms with Crippen molar-refractivity contribution in [2.45, 2.75) is 82.5 Å². The maximum atomic E-state index is 13.1. The highest BCUT2D eigenvalue weighted by Crippen LogP contribution is 2.49. The lowest BCUT2D eigenvalue weighted by Crippen LogP contribution is -2.60. The van der Waals surface area contributed by atoms with Gasteiger partial charge in [0.2, 0.25) is 5.91 Å². The normalized spacial score (nSPS) is 22.7. The fourth-order valence-corrected chi connectivity index (χ4v) is 6.77. The zero-order valence-electron chi connectivity index (χ0n) is 23.3. The van der Waals surface area contributed by atoms with E-state index in [4.69, 9.17) is 11.5 Å². The van der Waals surface area contributed by atoms with Crippen LogP contribution in [0.15, 0.2) is 48.5 Å². The number of amides is 1. The van der Waals surface area contributed by atoms with Crippen molar-refractivity contribution in [3.05, 3.63) is 59.7 Å². The molecule has 1 amide bonds. The smallest absolute Gasteiger partial charge is 0.241 e. The number of nitrogens with zero attached hydrogens (tertiary/aromatic N) is 2. The van der Waals surface area contributed by atoms with E-state index in [2.05, 4.69) is 70.7 Å². The fourth-order valence-electron chi connectivity index (χ4n) is 6.77. The number of carbonyl (C=O) groups is 1. The molecule has 6 heteroatoms. The molecule has 1 saturated heterocycles. The van der Waals surface area contributed by atoms with Crippen LogP contribution in [0.2, 0.25) is 0 Å². The highest BCUT2D eigenvalue weighted by molar-refractivity contribution is 5.86. The Morgan fingerprint density at radius 2 is 1.37 bits per heavy atom. The molecular weight excluding hydrogens is 470 g/mol. The van der Waals surface area contributed by atoms with Crippen LogP contribution < -0.4 is 16.8 Å². The van der Waals surface area contributed by atoms with Crippen molar-refractivity contribution in [2.75, 3.05) is 33.2 Å². The first kappa shape index (κ1) is 27.3. The summed E-state index contributed by atoms with van der Waals surface area (Å²) >= 11 is 0.